The molecule has 7 aromatic carbocycles. The molecule has 2 aliphatic heterocycles. The van der Waals surface area contributed by atoms with E-state index < -0.39 is 0 Å². The van der Waals surface area contributed by atoms with Crippen LogP contribution >= 0.6 is 47.0 Å². The van der Waals surface area contributed by atoms with Crippen molar-refractivity contribution in [1.82, 2.24) is 0 Å². The monoisotopic (exact) mass is 738 g/mol. The largest absolute Gasteiger partial charge is 0.0877 e. The van der Waals surface area contributed by atoms with E-state index in [0.717, 1.165) is 0 Å². The first-order valence-corrected chi connectivity index (χ1v) is 21.2. The lowest BCUT2D eigenvalue weighted by atomic mass is 9.82. The van der Waals surface area contributed by atoms with E-state index in [1.165, 1.54) is 106 Å². The molecule has 0 spiro atoms. The van der Waals surface area contributed by atoms with E-state index in [-0.39, 0.29) is 10.8 Å². The highest BCUT2D eigenvalue weighted by molar-refractivity contribution is 8.05. The first-order valence-electron chi connectivity index (χ1n) is 17.9. The van der Waals surface area contributed by atoms with E-state index in [2.05, 4.69) is 161 Å². The summed E-state index contributed by atoms with van der Waals surface area (Å²) in [7, 11) is 0. The van der Waals surface area contributed by atoms with Gasteiger partial charge < -0.3 is 0 Å². The van der Waals surface area contributed by atoms with Crippen LogP contribution in [-0.4, -0.2) is 0 Å². The van der Waals surface area contributed by atoms with Crippen molar-refractivity contribution in [2.45, 2.75) is 77.7 Å². The van der Waals surface area contributed by atoms with Crippen LogP contribution in [0.1, 0.15) is 49.9 Å². The first-order chi connectivity index (χ1) is 25.3. The predicted molar refractivity (Wildman–Crippen MR) is 222 cm³/mol. The van der Waals surface area contributed by atoms with Crippen molar-refractivity contribution in [3.63, 3.8) is 0 Å². The molecule has 0 saturated carbocycles. The van der Waals surface area contributed by atoms with Crippen LogP contribution in [0.15, 0.2) is 173 Å². The number of fused-ring (bicyclic) bond motifs is 12. The number of hydrogen-bond donors (Lipinski definition) is 0. The second-order valence-corrected chi connectivity index (χ2v) is 19.4. The summed E-state index contributed by atoms with van der Waals surface area (Å²) in [5.74, 6) is 0. The van der Waals surface area contributed by atoms with Crippen LogP contribution in [0.5, 0.6) is 0 Å². The van der Waals surface area contributed by atoms with Gasteiger partial charge in [0.1, 0.15) is 0 Å². The molecule has 2 heterocycles. The minimum absolute atomic E-state index is 0.00155. The third-order valence-corrected chi connectivity index (χ3v) is 16.9. The summed E-state index contributed by atoms with van der Waals surface area (Å²) in [6.07, 6.45) is 0. The second kappa shape index (κ2) is 11.2. The molecule has 0 fully saturated rings. The van der Waals surface area contributed by atoms with Gasteiger partial charge in [0, 0.05) is 61.1 Å². The Hall–Kier alpha value is -4.06. The van der Waals surface area contributed by atoms with Crippen LogP contribution < -0.4 is 0 Å². The summed E-state index contributed by atoms with van der Waals surface area (Å²) in [6, 6.07) is 50.5. The minimum Gasteiger partial charge on any atom is -0.0877 e. The highest BCUT2D eigenvalue weighted by Crippen LogP contribution is 2.61. The fraction of sp³-hybridized carbons (Fsp3) is 0.125. The second-order valence-electron chi connectivity index (χ2n) is 15.2. The normalized spacial score (nSPS) is 16.1. The van der Waals surface area contributed by atoms with Crippen LogP contribution in [0.4, 0.5) is 0 Å². The summed E-state index contributed by atoms with van der Waals surface area (Å²) >= 11 is 7.77. The fourth-order valence-corrected chi connectivity index (χ4v) is 14.1. The standard InChI is InChI=1S/C48H34S4/c1-47(2)33-15-7-5-11-31(33)41-35(47)23-25-39-45(41)51-43-29(13-9-17-37(43)49-39)27-19-21-28(22-20-27)30-14-10-18-38-44(30)52-46-40(50-38)26-24-36-42(46)32-12-6-8-16-34(32)48(36,3)4/h5-26H,1-4H3. The Bertz CT molecular complexity index is 2500. The van der Waals surface area contributed by atoms with E-state index in [0.29, 0.717) is 0 Å². The molecule has 0 amide bonds. The molecule has 0 nitrogen and oxygen atoms in total. The lowest BCUT2D eigenvalue weighted by Gasteiger charge is -2.26. The molecule has 0 atom stereocenters. The molecule has 0 saturated heterocycles. The highest BCUT2D eigenvalue weighted by Gasteiger charge is 2.40. The summed E-state index contributed by atoms with van der Waals surface area (Å²) in [5, 5.41) is 0. The van der Waals surface area contributed by atoms with Crippen molar-refractivity contribution in [3.8, 4) is 44.5 Å². The maximum atomic E-state index is 2.37. The van der Waals surface area contributed by atoms with Gasteiger partial charge in [-0.05, 0) is 79.9 Å². The van der Waals surface area contributed by atoms with Crippen molar-refractivity contribution >= 4 is 47.0 Å². The van der Waals surface area contributed by atoms with Gasteiger partial charge in [0.2, 0.25) is 0 Å². The van der Waals surface area contributed by atoms with Crippen molar-refractivity contribution in [1.29, 1.82) is 0 Å². The van der Waals surface area contributed by atoms with E-state index in [1.807, 2.05) is 47.0 Å². The maximum Gasteiger partial charge on any atom is 0.0344 e. The summed E-state index contributed by atoms with van der Waals surface area (Å²) in [5.41, 5.74) is 16.5. The predicted octanol–water partition coefficient (Wildman–Crippen LogP) is 14.9. The van der Waals surface area contributed by atoms with Crippen molar-refractivity contribution in [3.05, 3.63) is 156 Å². The van der Waals surface area contributed by atoms with Gasteiger partial charge >= 0.3 is 0 Å². The van der Waals surface area contributed by atoms with Crippen LogP contribution in [0.2, 0.25) is 0 Å². The van der Waals surface area contributed by atoms with E-state index in [4.69, 9.17) is 0 Å². The van der Waals surface area contributed by atoms with Gasteiger partial charge in [0.25, 0.3) is 0 Å². The zero-order valence-corrected chi connectivity index (χ0v) is 32.6. The molecular formula is C48H34S4. The van der Waals surface area contributed by atoms with E-state index >= 15 is 0 Å². The molecule has 4 heteroatoms. The molecule has 0 bridgehead atoms. The van der Waals surface area contributed by atoms with Crippen molar-refractivity contribution in [2.75, 3.05) is 0 Å². The molecule has 7 aromatic rings. The number of benzene rings is 7. The van der Waals surface area contributed by atoms with Crippen LogP contribution in [-0.2, 0) is 10.8 Å². The first kappa shape index (κ1) is 31.5. The smallest absolute Gasteiger partial charge is 0.0344 e. The molecular weight excluding hydrogens is 705 g/mol. The molecule has 0 radical (unpaired) electrons. The van der Waals surface area contributed by atoms with Crippen molar-refractivity contribution in [2.24, 2.45) is 0 Å². The summed E-state index contributed by atoms with van der Waals surface area (Å²) in [6.45, 7) is 9.49. The Balaban J connectivity index is 0.964. The average molecular weight is 739 g/mol. The molecule has 52 heavy (non-hydrogen) atoms. The Labute approximate surface area is 322 Å². The van der Waals surface area contributed by atoms with Gasteiger partial charge in [-0.3, -0.25) is 0 Å². The molecule has 250 valence electrons. The SMILES string of the molecule is CC1(C)c2ccccc2-c2c1ccc1c2Sc2c(cccc2-c2ccc(-c3cccc4c3Sc3c(ccc5c3-c3ccccc3C5(C)C)S4)cc2)S1. The van der Waals surface area contributed by atoms with Crippen LogP contribution in [0.25, 0.3) is 44.5 Å². The number of rotatable bonds is 2. The van der Waals surface area contributed by atoms with Crippen LogP contribution in [0, 0.1) is 0 Å². The van der Waals surface area contributed by atoms with Gasteiger partial charge in [-0.1, -0.05) is 184 Å². The summed E-state index contributed by atoms with van der Waals surface area (Å²) < 4.78 is 0. The zero-order valence-electron chi connectivity index (χ0n) is 29.3. The number of hydrogen-bond acceptors (Lipinski definition) is 4. The molecule has 0 unspecified atom stereocenters. The average Bonchev–Trinajstić information content (AvgIpc) is 3.56. The third-order valence-electron chi connectivity index (χ3n) is 11.6. The van der Waals surface area contributed by atoms with Gasteiger partial charge in [-0.25, -0.2) is 0 Å². The molecule has 11 rings (SSSR count). The Kier molecular flexibility index (Phi) is 6.79. The molecule has 0 aromatic heterocycles. The van der Waals surface area contributed by atoms with Crippen molar-refractivity contribution < 1.29 is 0 Å². The van der Waals surface area contributed by atoms with E-state index in [9.17, 15) is 0 Å². The fourth-order valence-electron chi connectivity index (χ4n) is 8.98. The topological polar surface area (TPSA) is 0 Å². The lowest BCUT2D eigenvalue weighted by molar-refractivity contribution is 0.658. The quantitative estimate of drug-likeness (QED) is 0.173. The van der Waals surface area contributed by atoms with Gasteiger partial charge in [0.05, 0.1) is 0 Å². The minimum atomic E-state index is -0.00155. The zero-order chi connectivity index (χ0) is 34.9. The van der Waals surface area contributed by atoms with Gasteiger partial charge in [-0.15, -0.1) is 0 Å². The van der Waals surface area contributed by atoms with Gasteiger partial charge in [0.15, 0.2) is 0 Å². The Morgan fingerprint density at radius 2 is 0.692 bits per heavy atom. The highest BCUT2D eigenvalue weighted by atomic mass is 32.2. The summed E-state index contributed by atoms with van der Waals surface area (Å²) in [4.78, 5) is 10.9. The Morgan fingerprint density at radius 1 is 0.308 bits per heavy atom. The maximum absolute atomic E-state index is 2.37. The van der Waals surface area contributed by atoms with Gasteiger partial charge in [-0.2, -0.15) is 0 Å². The molecule has 0 N–H and O–H groups in total. The van der Waals surface area contributed by atoms with E-state index in [1.54, 1.807) is 0 Å². The Morgan fingerprint density at radius 3 is 1.13 bits per heavy atom. The molecule has 2 aliphatic carbocycles. The van der Waals surface area contributed by atoms with Crippen LogP contribution in [0.3, 0.4) is 0 Å². The molecule has 4 aliphatic rings. The third kappa shape index (κ3) is 4.36. The lowest BCUT2D eigenvalue weighted by Crippen LogP contribution is -2.14.